The quantitative estimate of drug-likeness (QED) is 0.317. The molecule has 0 aliphatic carbocycles. The van der Waals surface area contributed by atoms with Gasteiger partial charge in [0, 0.05) is 31.9 Å². The first-order chi connectivity index (χ1) is 7.13. The van der Waals surface area contributed by atoms with E-state index in [0.717, 1.165) is 18.5 Å². The molecule has 15 heavy (non-hydrogen) atoms. The van der Waals surface area contributed by atoms with E-state index < -0.39 is 12.9 Å². The molecule has 0 bridgehead atoms. The summed E-state index contributed by atoms with van der Waals surface area (Å²) in [7, 11) is 1.22. The van der Waals surface area contributed by atoms with E-state index >= 15 is 0 Å². The normalized spacial score (nSPS) is 11.6. The van der Waals surface area contributed by atoms with Crippen LogP contribution in [0.1, 0.15) is 19.3 Å². The Labute approximate surface area is 93.5 Å². The molecule has 0 aliphatic heterocycles. The molecule has 0 unspecified atom stereocenters. The first-order valence-electron chi connectivity index (χ1n) is 5.10. The topological polar surface area (TPSA) is 0 Å². The van der Waals surface area contributed by atoms with Gasteiger partial charge >= 0.3 is 0 Å². The van der Waals surface area contributed by atoms with E-state index in [4.69, 9.17) is 0 Å². The molecule has 0 aliphatic rings. The smallest absolute Gasteiger partial charge is 0.211 e. The van der Waals surface area contributed by atoms with Gasteiger partial charge in [-0.05, 0) is 0 Å². The molecular formula is C9H16F4Si2. The first kappa shape index (κ1) is 15.2. The van der Waals surface area contributed by atoms with Crippen LogP contribution in [-0.4, -0.2) is 31.9 Å². The van der Waals surface area contributed by atoms with Crippen molar-refractivity contribution in [2.75, 3.05) is 0 Å². The van der Waals surface area contributed by atoms with E-state index in [1.807, 2.05) is 0 Å². The summed E-state index contributed by atoms with van der Waals surface area (Å²) < 4.78 is 46.9. The monoisotopic (exact) mass is 256 g/mol. The van der Waals surface area contributed by atoms with Crippen molar-refractivity contribution in [1.82, 2.24) is 0 Å². The lowest BCUT2D eigenvalue weighted by molar-refractivity contribution is 0.143. The van der Waals surface area contributed by atoms with Crippen molar-refractivity contribution < 1.29 is 17.6 Å². The highest BCUT2D eigenvalue weighted by atomic mass is 28.2. The Morgan fingerprint density at radius 3 is 1.40 bits per heavy atom. The predicted molar refractivity (Wildman–Crippen MR) is 56.6 cm³/mol. The fourth-order valence-corrected chi connectivity index (χ4v) is 3.56. The van der Waals surface area contributed by atoms with Crippen LogP contribution < -0.4 is 0 Å². The lowest BCUT2D eigenvalue weighted by atomic mass is 10.5. The van der Waals surface area contributed by atoms with E-state index in [2.05, 4.69) is 0 Å². The lowest BCUT2D eigenvalue weighted by Crippen LogP contribution is -1.98. The van der Waals surface area contributed by atoms with Gasteiger partial charge in [-0.1, -0.05) is 30.6 Å². The van der Waals surface area contributed by atoms with Gasteiger partial charge in [-0.15, -0.1) is 0 Å². The molecule has 0 aromatic carbocycles. The highest BCUT2D eigenvalue weighted by Gasteiger charge is 2.03. The third-order valence-corrected chi connectivity index (χ3v) is 4.48. The lowest BCUT2D eigenvalue weighted by Gasteiger charge is -2.00. The highest BCUT2D eigenvalue weighted by molar-refractivity contribution is 6.37. The molecule has 0 fully saturated rings. The Kier molecular flexibility index (Phi) is 10.8. The minimum atomic E-state index is -2.18. The molecule has 0 N–H and O–H groups in total. The van der Waals surface area contributed by atoms with Crippen LogP contribution in [0.2, 0.25) is 24.2 Å². The average Bonchev–Trinajstić information content (AvgIpc) is 2.14. The Hall–Kier alpha value is 0.154. The second-order valence-corrected chi connectivity index (χ2v) is 6.21. The summed E-state index contributed by atoms with van der Waals surface area (Å²) in [4.78, 5) is 0. The van der Waals surface area contributed by atoms with Gasteiger partial charge in [-0.3, -0.25) is 0 Å². The summed E-state index contributed by atoms with van der Waals surface area (Å²) in [5.41, 5.74) is 0. The maximum Gasteiger partial charge on any atom is 0.238 e. The zero-order valence-electron chi connectivity index (χ0n) is 8.62. The molecule has 88 valence electrons. The second-order valence-electron chi connectivity index (χ2n) is 3.21. The van der Waals surface area contributed by atoms with Crippen molar-refractivity contribution in [3.63, 3.8) is 0 Å². The SMILES string of the molecule is FC(F)CC[Si]CCC[Si]CCC(F)F. The molecule has 0 rings (SSSR count). The van der Waals surface area contributed by atoms with E-state index in [1.165, 1.54) is 0 Å². The molecule has 0 atom stereocenters. The van der Waals surface area contributed by atoms with E-state index in [9.17, 15) is 17.6 Å². The minimum absolute atomic E-state index is 0.00606. The van der Waals surface area contributed by atoms with E-state index in [-0.39, 0.29) is 12.8 Å². The van der Waals surface area contributed by atoms with Crippen molar-refractivity contribution in [3.05, 3.63) is 0 Å². The largest absolute Gasteiger partial charge is 0.238 e. The Morgan fingerprint density at radius 2 is 1.07 bits per heavy atom. The summed E-state index contributed by atoms with van der Waals surface area (Å²) in [6.07, 6.45) is -3.34. The van der Waals surface area contributed by atoms with Crippen molar-refractivity contribution >= 4 is 19.0 Å². The second kappa shape index (κ2) is 10.7. The summed E-state index contributed by atoms with van der Waals surface area (Å²) in [5, 5.41) is 0. The van der Waals surface area contributed by atoms with Crippen LogP contribution in [0.3, 0.4) is 0 Å². The number of alkyl halides is 4. The third-order valence-electron chi connectivity index (χ3n) is 1.79. The molecule has 0 heterocycles. The van der Waals surface area contributed by atoms with Crippen LogP contribution in [0, 0.1) is 0 Å². The predicted octanol–water partition coefficient (Wildman–Crippen LogP) is 3.77. The van der Waals surface area contributed by atoms with Crippen LogP contribution in [-0.2, 0) is 0 Å². The fraction of sp³-hybridized carbons (Fsp3) is 1.00. The average molecular weight is 256 g/mol. The standard InChI is InChI=1S/C9H16F4Si2/c10-8(11)2-6-14-4-1-5-15-7-3-9(12)13/h8-9H,1-7H2. The van der Waals surface area contributed by atoms with Gasteiger partial charge in [0.15, 0.2) is 0 Å². The van der Waals surface area contributed by atoms with Gasteiger partial charge in [0.25, 0.3) is 0 Å². The molecule has 0 aromatic rings. The van der Waals surface area contributed by atoms with Gasteiger partial charge < -0.3 is 0 Å². The van der Waals surface area contributed by atoms with Gasteiger partial charge in [0.05, 0.1) is 0 Å². The molecule has 0 amide bonds. The number of hydrogen-bond acceptors (Lipinski definition) is 0. The zero-order valence-corrected chi connectivity index (χ0v) is 10.6. The van der Waals surface area contributed by atoms with Gasteiger partial charge in [0.1, 0.15) is 0 Å². The van der Waals surface area contributed by atoms with Crippen molar-refractivity contribution in [2.24, 2.45) is 0 Å². The molecule has 4 radical (unpaired) electrons. The number of hydrogen-bond donors (Lipinski definition) is 0. The molecule has 0 aromatic heterocycles. The van der Waals surface area contributed by atoms with Crippen molar-refractivity contribution in [3.8, 4) is 0 Å². The third kappa shape index (κ3) is 14.2. The van der Waals surface area contributed by atoms with E-state index in [0.29, 0.717) is 31.1 Å². The van der Waals surface area contributed by atoms with Gasteiger partial charge in [-0.2, -0.15) is 0 Å². The Morgan fingerprint density at radius 1 is 0.667 bits per heavy atom. The van der Waals surface area contributed by atoms with Crippen LogP contribution in [0.15, 0.2) is 0 Å². The number of halogens is 4. The minimum Gasteiger partial charge on any atom is -0.211 e. The maximum absolute atomic E-state index is 11.7. The molecular weight excluding hydrogens is 240 g/mol. The van der Waals surface area contributed by atoms with Crippen molar-refractivity contribution in [2.45, 2.75) is 56.3 Å². The molecule has 6 heteroatoms. The van der Waals surface area contributed by atoms with Crippen LogP contribution in [0.25, 0.3) is 0 Å². The Bertz CT molecular complexity index is 119. The van der Waals surface area contributed by atoms with Crippen LogP contribution >= 0.6 is 0 Å². The summed E-state index contributed by atoms with van der Waals surface area (Å²) in [5.74, 6) is 0. The zero-order chi connectivity index (χ0) is 11.5. The molecule has 0 saturated carbocycles. The van der Waals surface area contributed by atoms with Crippen LogP contribution in [0.4, 0.5) is 17.6 Å². The Balaban J connectivity index is 2.93. The first-order valence-corrected chi connectivity index (χ1v) is 7.93. The van der Waals surface area contributed by atoms with Gasteiger partial charge in [-0.25, -0.2) is 17.6 Å². The summed E-state index contributed by atoms with van der Waals surface area (Å²) in [6, 6.07) is 3.18. The molecule has 0 spiro atoms. The fourth-order valence-electron chi connectivity index (χ4n) is 1.01. The van der Waals surface area contributed by atoms with Crippen LogP contribution in [0.5, 0.6) is 0 Å². The number of rotatable bonds is 10. The van der Waals surface area contributed by atoms with Gasteiger partial charge in [0.2, 0.25) is 12.9 Å². The summed E-state index contributed by atoms with van der Waals surface area (Å²) in [6.45, 7) is 0. The molecule has 0 nitrogen and oxygen atoms in total. The summed E-state index contributed by atoms with van der Waals surface area (Å²) >= 11 is 0. The highest BCUT2D eigenvalue weighted by Crippen LogP contribution is 2.08. The van der Waals surface area contributed by atoms with Crippen molar-refractivity contribution in [1.29, 1.82) is 0 Å². The van der Waals surface area contributed by atoms with E-state index in [1.54, 1.807) is 0 Å². The molecule has 0 saturated heterocycles. The maximum atomic E-state index is 11.7.